The van der Waals surface area contributed by atoms with Crippen molar-refractivity contribution >= 4 is 17.5 Å². The van der Waals surface area contributed by atoms with Gasteiger partial charge >= 0.3 is 0 Å². The zero-order chi connectivity index (χ0) is 16.8. The molecule has 0 aliphatic carbocycles. The van der Waals surface area contributed by atoms with Crippen molar-refractivity contribution in [3.8, 4) is 5.75 Å². The van der Waals surface area contributed by atoms with Crippen LogP contribution < -0.4 is 15.4 Å². The van der Waals surface area contributed by atoms with Crippen molar-refractivity contribution in [2.75, 3.05) is 32.6 Å². The van der Waals surface area contributed by atoms with E-state index in [9.17, 15) is 9.59 Å². The zero-order valence-electron chi connectivity index (χ0n) is 13.9. The number of nitrogens with one attached hydrogen (secondary N) is 2. The fourth-order valence-corrected chi connectivity index (χ4v) is 1.94. The van der Waals surface area contributed by atoms with Crippen LogP contribution >= 0.6 is 0 Å². The smallest absolute Gasteiger partial charge is 0.238 e. The minimum absolute atomic E-state index is 0.111. The Labute approximate surface area is 131 Å². The molecule has 22 heavy (non-hydrogen) atoms. The highest BCUT2D eigenvalue weighted by molar-refractivity contribution is 5.94. The summed E-state index contributed by atoms with van der Waals surface area (Å²) in [5.74, 6) is 0.291. The number of amides is 2. The van der Waals surface area contributed by atoms with E-state index in [1.165, 1.54) is 0 Å². The number of hydrogen-bond acceptors (Lipinski definition) is 4. The molecule has 2 N–H and O–H groups in total. The zero-order valence-corrected chi connectivity index (χ0v) is 13.9. The van der Waals surface area contributed by atoms with Crippen molar-refractivity contribution < 1.29 is 14.3 Å². The normalized spacial score (nSPS) is 11.2. The molecule has 6 nitrogen and oxygen atoms in total. The van der Waals surface area contributed by atoms with Crippen LogP contribution in [0.2, 0.25) is 0 Å². The Balaban J connectivity index is 2.49. The van der Waals surface area contributed by atoms with Crippen molar-refractivity contribution in [2.24, 2.45) is 0 Å². The van der Waals surface area contributed by atoms with Gasteiger partial charge in [0.25, 0.3) is 0 Å². The minimum atomic E-state index is -0.280. The second kappa shape index (κ2) is 7.79. The predicted octanol–water partition coefficient (Wildman–Crippen LogP) is 1.48. The molecule has 0 unspecified atom stereocenters. The topological polar surface area (TPSA) is 70.7 Å². The van der Waals surface area contributed by atoms with Crippen LogP contribution in [0.3, 0.4) is 0 Å². The molecule has 0 aliphatic rings. The SMILES string of the molecule is COc1ccccc1NC(=O)CN(C)CC(=O)NC(C)(C)C. The first-order valence-corrected chi connectivity index (χ1v) is 7.13. The summed E-state index contributed by atoms with van der Waals surface area (Å²) in [6.45, 7) is 6.03. The molecule has 0 atom stereocenters. The fourth-order valence-electron chi connectivity index (χ4n) is 1.94. The molecule has 0 bridgehead atoms. The number of para-hydroxylation sites is 2. The number of ether oxygens (including phenoxy) is 1. The van der Waals surface area contributed by atoms with Gasteiger partial charge in [0.1, 0.15) is 5.75 Å². The van der Waals surface area contributed by atoms with E-state index >= 15 is 0 Å². The molecule has 0 fully saturated rings. The number of anilines is 1. The molecular formula is C16H25N3O3. The summed E-state index contributed by atoms with van der Waals surface area (Å²) < 4.78 is 5.18. The number of benzene rings is 1. The van der Waals surface area contributed by atoms with Gasteiger partial charge in [0.2, 0.25) is 11.8 Å². The Morgan fingerprint density at radius 1 is 1.14 bits per heavy atom. The summed E-state index contributed by atoms with van der Waals surface area (Å²) in [5, 5.41) is 5.64. The third kappa shape index (κ3) is 6.58. The first-order valence-electron chi connectivity index (χ1n) is 7.13. The predicted molar refractivity (Wildman–Crippen MR) is 87.0 cm³/mol. The largest absolute Gasteiger partial charge is 0.495 e. The van der Waals surface area contributed by atoms with Crippen molar-refractivity contribution in [1.29, 1.82) is 0 Å². The maximum atomic E-state index is 12.0. The number of nitrogens with zero attached hydrogens (tertiary/aromatic N) is 1. The molecule has 1 aromatic rings. The molecule has 2 amide bonds. The van der Waals surface area contributed by atoms with E-state index in [-0.39, 0.29) is 30.4 Å². The Hall–Kier alpha value is -2.08. The van der Waals surface area contributed by atoms with Crippen molar-refractivity contribution in [2.45, 2.75) is 26.3 Å². The van der Waals surface area contributed by atoms with Crippen LogP contribution in [0, 0.1) is 0 Å². The molecule has 0 aromatic heterocycles. The molecule has 0 saturated heterocycles. The van der Waals surface area contributed by atoms with Gasteiger partial charge in [-0.1, -0.05) is 12.1 Å². The van der Waals surface area contributed by atoms with E-state index in [1.807, 2.05) is 32.9 Å². The first-order chi connectivity index (χ1) is 10.2. The average molecular weight is 307 g/mol. The quantitative estimate of drug-likeness (QED) is 0.835. The summed E-state index contributed by atoms with van der Waals surface area (Å²) >= 11 is 0. The van der Waals surface area contributed by atoms with Crippen LogP contribution in [0.4, 0.5) is 5.69 Å². The molecule has 122 valence electrons. The second-order valence-electron chi connectivity index (χ2n) is 6.22. The monoisotopic (exact) mass is 307 g/mol. The van der Waals surface area contributed by atoms with Gasteiger partial charge in [-0.25, -0.2) is 0 Å². The number of carbonyl (C=O) groups excluding carboxylic acids is 2. The number of carbonyl (C=O) groups is 2. The summed E-state index contributed by atoms with van der Waals surface area (Å²) in [6.07, 6.45) is 0. The fraction of sp³-hybridized carbons (Fsp3) is 0.500. The van der Waals surface area contributed by atoms with Gasteiger partial charge in [-0.15, -0.1) is 0 Å². The Kier molecular flexibility index (Phi) is 6.37. The van der Waals surface area contributed by atoms with Crippen molar-refractivity contribution in [3.63, 3.8) is 0 Å². The highest BCUT2D eigenvalue weighted by Gasteiger charge is 2.16. The van der Waals surface area contributed by atoms with Crippen molar-refractivity contribution in [1.82, 2.24) is 10.2 Å². The lowest BCUT2D eigenvalue weighted by atomic mass is 10.1. The third-order valence-corrected chi connectivity index (χ3v) is 2.72. The first kappa shape index (κ1) is 18.0. The van der Waals surface area contributed by atoms with Crippen LogP contribution in [0.5, 0.6) is 5.75 Å². The van der Waals surface area contributed by atoms with E-state index in [1.54, 1.807) is 31.2 Å². The third-order valence-electron chi connectivity index (χ3n) is 2.72. The van der Waals surface area contributed by atoms with Crippen LogP contribution in [0.1, 0.15) is 20.8 Å². The molecule has 0 heterocycles. The van der Waals surface area contributed by atoms with Crippen LogP contribution in [-0.2, 0) is 9.59 Å². The molecule has 1 aromatic carbocycles. The highest BCUT2D eigenvalue weighted by Crippen LogP contribution is 2.22. The summed E-state index contributed by atoms with van der Waals surface area (Å²) in [7, 11) is 3.28. The number of methoxy groups -OCH3 is 1. The molecule has 0 aliphatic heterocycles. The van der Waals surface area contributed by atoms with Gasteiger partial charge < -0.3 is 15.4 Å². The minimum Gasteiger partial charge on any atom is -0.495 e. The summed E-state index contributed by atoms with van der Waals surface area (Å²) in [6, 6.07) is 7.19. The lowest BCUT2D eigenvalue weighted by Gasteiger charge is -2.23. The van der Waals surface area contributed by atoms with Gasteiger partial charge in [-0.3, -0.25) is 14.5 Å². The summed E-state index contributed by atoms with van der Waals surface area (Å²) in [4.78, 5) is 25.5. The highest BCUT2D eigenvalue weighted by atomic mass is 16.5. The molecule has 0 saturated carbocycles. The van der Waals surface area contributed by atoms with E-state index in [4.69, 9.17) is 4.74 Å². The Bertz CT molecular complexity index is 524. The number of hydrogen-bond donors (Lipinski definition) is 2. The molecule has 1 rings (SSSR count). The lowest BCUT2D eigenvalue weighted by Crippen LogP contribution is -2.46. The lowest BCUT2D eigenvalue weighted by molar-refractivity contribution is -0.124. The maximum Gasteiger partial charge on any atom is 0.238 e. The van der Waals surface area contributed by atoms with Crippen molar-refractivity contribution in [3.05, 3.63) is 24.3 Å². The standard InChI is InChI=1S/C16H25N3O3/c1-16(2,3)18-15(21)11-19(4)10-14(20)17-12-8-6-7-9-13(12)22-5/h6-9H,10-11H2,1-5H3,(H,17,20)(H,18,21). The van der Waals surface area contributed by atoms with E-state index in [0.717, 1.165) is 0 Å². The molecule has 0 spiro atoms. The molecule has 6 heteroatoms. The van der Waals surface area contributed by atoms with Gasteiger partial charge in [0, 0.05) is 5.54 Å². The number of rotatable bonds is 6. The van der Waals surface area contributed by atoms with Crippen LogP contribution in [0.15, 0.2) is 24.3 Å². The van der Waals surface area contributed by atoms with E-state index in [2.05, 4.69) is 10.6 Å². The summed E-state index contributed by atoms with van der Waals surface area (Å²) in [5.41, 5.74) is 0.333. The van der Waals surface area contributed by atoms with E-state index in [0.29, 0.717) is 11.4 Å². The molecular weight excluding hydrogens is 282 g/mol. The maximum absolute atomic E-state index is 12.0. The average Bonchev–Trinajstić information content (AvgIpc) is 2.36. The van der Waals surface area contributed by atoms with Gasteiger partial charge in [0.15, 0.2) is 0 Å². The van der Waals surface area contributed by atoms with Crippen LogP contribution in [-0.4, -0.2) is 49.5 Å². The Morgan fingerprint density at radius 2 is 1.73 bits per heavy atom. The second-order valence-corrected chi connectivity index (χ2v) is 6.22. The van der Waals surface area contributed by atoms with Crippen LogP contribution in [0.25, 0.3) is 0 Å². The van der Waals surface area contributed by atoms with E-state index < -0.39 is 0 Å². The molecule has 0 radical (unpaired) electrons. The Morgan fingerprint density at radius 3 is 2.32 bits per heavy atom. The number of likely N-dealkylation sites (N-methyl/N-ethyl adjacent to an activating group) is 1. The van der Waals surface area contributed by atoms with Gasteiger partial charge in [-0.2, -0.15) is 0 Å². The van der Waals surface area contributed by atoms with Gasteiger partial charge in [-0.05, 0) is 40.0 Å². The van der Waals surface area contributed by atoms with Gasteiger partial charge in [0.05, 0.1) is 25.9 Å².